The Morgan fingerprint density at radius 1 is 1.00 bits per heavy atom. The van der Waals surface area contributed by atoms with Crippen molar-refractivity contribution in [2.45, 2.75) is 17.5 Å². The third kappa shape index (κ3) is 4.54. The second kappa shape index (κ2) is 9.92. The zero-order valence-corrected chi connectivity index (χ0v) is 20.0. The Kier molecular flexibility index (Phi) is 6.55. The fourth-order valence-electron chi connectivity index (χ4n) is 4.42. The van der Waals surface area contributed by atoms with Gasteiger partial charge in [0.2, 0.25) is 0 Å². The Bertz CT molecular complexity index is 1190. The molecule has 3 aromatic carbocycles. The van der Waals surface area contributed by atoms with E-state index < -0.39 is 17.6 Å². The number of nitrogens with zero attached hydrogens (tertiary/aromatic N) is 2. The standard InChI is InChI=1S/C29H26N2O3S/c1-2-29(28(33)34-25(22-14-8-4-9-15-22)23-16-10-5-11-17-23)19-31-26(32)24(27(31)35-20-29)30-18-21-12-6-3-7-13-21/h2-18,24-25,27H,1,19-20H2/t24?,27-,29?/m1/s1. The van der Waals surface area contributed by atoms with Crippen molar-refractivity contribution in [2.75, 3.05) is 12.3 Å². The van der Waals surface area contributed by atoms with Gasteiger partial charge >= 0.3 is 5.97 Å². The summed E-state index contributed by atoms with van der Waals surface area (Å²) in [5, 5.41) is -0.0811. The Hall–Kier alpha value is -3.64. The fraction of sp³-hybridized carbons (Fsp3) is 0.207. The van der Waals surface area contributed by atoms with Crippen LogP contribution in [-0.2, 0) is 14.3 Å². The first-order valence-electron chi connectivity index (χ1n) is 11.6. The number of ether oxygens (including phenoxy) is 1. The monoisotopic (exact) mass is 482 g/mol. The molecule has 2 unspecified atom stereocenters. The summed E-state index contributed by atoms with van der Waals surface area (Å²) in [5.41, 5.74) is 1.76. The largest absolute Gasteiger partial charge is 0.452 e. The Labute approximate surface area is 209 Å². The van der Waals surface area contributed by atoms with Gasteiger partial charge in [0.05, 0.1) is 0 Å². The predicted octanol–water partition coefficient (Wildman–Crippen LogP) is 4.89. The molecule has 2 saturated heterocycles. The SMILES string of the molecule is C=CC1(C(=O)OC(c2ccccc2)c2ccccc2)CS[C@@H]2C(N=Cc3ccccc3)C(=O)N2C1. The molecular formula is C29H26N2O3S. The number of esters is 1. The lowest BCUT2D eigenvalue weighted by atomic mass is 9.87. The lowest BCUT2D eigenvalue weighted by Crippen LogP contribution is -2.68. The molecule has 0 spiro atoms. The minimum atomic E-state index is -0.979. The minimum Gasteiger partial charge on any atom is -0.452 e. The molecule has 0 bridgehead atoms. The van der Waals surface area contributed by atoms with Gasteiger partial charge in [-0.3, -0.25) is 14.6 Å². The van der Waals surface area contributed by atoms with Crippen molar-refractivity contribution < 1.29 is 14.3 Å². The summed E-state index contributed by atoms with van der Waals surface area (Å²) in [5.74, 6) is 0.0357. The van der Waals surface area contributed by atoms with Gasteiger partial charge in [-0.2, -0.15) is 0 Å². The number of fused-ring (bicyclic) bond motifs is 1. The van der Waals surface area contributed by atoms with E-state index in [-0.39, 0.29) is 23.8 Å². The first kappa shape index (κ1) is 23.1. The number of benzene rings is 3. The molecule has 2 aliphatic heterocycles. The second-order valence-electron chi connectivity index (χ2n) is 8.77. The van der Waals surface area contributed by atoms with E-state index in [9.17, 15) is 9.59 Å². The highest BCUT2D eigenvalue weighted by Crippen LogP contribution is 2.45. The number of carbonyl (C=O) groups excluding carboxylic acids is 2. The summed E-state index contributed by atoms with van der Waals surface area (Å²) in [6.45, 7) is 4.20. The molecule has 0 aromatic heterocycles. The molecule has 6 heteroatoms. The molecule has 176 valence electrons. The molecule has 2 fully saturated rings. The van der Waals surface area contributed by atoms with Gasteiger partial charge < -0.3 is 9.64 Å². The van der Waals surface area contributed by atoms with E-state index in [1.165, 1.54) is 0 Å². The van der Waals surface area contributed by atoms with Crippen molar-refractivity contribution in [3.8, 4) is 0 Å². The molecular weight excluding hydrogens is 456 g/mol. The van der Waals surface area contributed by atoms with Gasteiger partial charge in [0.1, 0.15) is 10.8 Å². The van der Waals surface area contributed by atoms with Crippen molar-refractivity contribution in [2.24, 2.45) is 10.4 Å². The van der Waals surface area contributed by atoms with Crippen LogP contribution in [0.3, 0.4) is 0 Å². The van der Waals surface area contributed by atoms with E-state index in [1.54, 1.807) is 29.0 Å². The van der Waals surface area contributed by atoms with Crippen molar-refractivity contribution in [3.05, 3.63) is 120 Å². The van der Waals surface area contributed by atoms with Crippen LogP contribution >= 0.6 is 11.8 Å². The van der Waals surface area contributed by atoms with Crippen molar-refractivity contribution >= 4 is 29.9 Å². The number of aliphatic imine (C=N–C) groups is 1. The van der Waals surface area contributed by atoms with Crippen LogP contribution in [0.5, 0.6) is 0 Å². The van der Waals surface area contributed by atoms with E-state index in [0.717, 1.165) is 16.7 Å². The quantitative estimate of drug-likeness (QED) is 0.208. The first-order valence-corrected chi connectivity index (χ1v) is 12.6. The maximum absolute atomic E-state index is 13.6. The van der Waals surface area contributed by atoms with E-state index >= 15 is 0 Å². The molecule has 0 radical (unpaired) electrons. The van der Waals surface area contributed by atoms with Crippen molar-refractivity contribution in [1.29, 1.82) is 0 Å². The number of hydrogen-bond donors (Lipinski definition) is 0. The fourth-order valence-corrected chi connectivity index (χ4v) is 5.94. The van der Waals surface area contributed by atoms with E-state index in [1.807, 2.05) is 91.0 Å². The second-order valence-corrected chi connectivity index (χ2v) is 9.87. The van der Waals surface area contributed by atoms with Crippen molar-refractivity contribution in [1.82, 2.24) is 4.90 Å². The van der Waals surface area contributed by atoms with Gasteiger partial charge in [-0.05, 0) is 16.7 Å². The summed E-state index contributed by atoms with van der Waals surface area (Å²) in [4.78, 5) is 32.8. The van der Waals surface area contributed by atoms with Gasteiger partial charge in [-0.1, -0.05) is 97.1 Å². The normalized spacial score (nSPS) is 23.6. The summed E-state index contributed by atoms with van der Waals surface area (Å²) in [7, 11) is 0. The average molecular weight is 483 g/mol. The molecule has 1 amide bonds. The number of thioether (sulfide) groups is 1. The van der Waals surface area contributed by atoms with Crippen molar-refractivity contribution in [3.63, 3.8) is 0 Å². The molecule has 35 heavy (non-hydrogen) atoms. The lowest BCUT2D eigenvalue weighted by molar-refractivity contribution is -0.161. The Balaban J connectivity index is 1.32. The van der Waals surface area contributed by atoms with Crippen LogP contribution in [0.25, 0.3) is 0 Å². The van der Waals surface area contributed by atoms with E-state index in [0.29, 0.717) is 5.75 Å². The summed E-state index contributed by atoms with van der Waals surface area (Å²) < 4.78 is 6.14. The number of amides is 1. The summed E-state index contributed by atoms with van der Waals surface area (Å²) in [6.07, 6.45) is 2.84. The zero-order valence-electron chi connectivity index (χ0n) is 19.2. The number of β-lactam (4-membered cyclic amide) rings is 1. The van der Waals surface area contributed by atoms with Gasteiger partial charge in [-0.15, -0.1) is 18.3 Å². The molecule has 0 saturated carbocycles. The van der Waals surface area contributed by atoms with Gasteiger partial charge in [0.15, 0.2) is 12.1 Å². The van der Waals surface area contributed by atoms with Crippen LogP contribution in [0.15, 0.2) is 109 Å². The topological polar surface area (TPSA) is 59.0 Å². The van der Waals surface area contributed by atoms with Crippen LogP contribution in [0, 0.1) is 5.41 Å². The van der Waals surface area contributed by atoms with Gasteiger partial charge in [0.25, 0.3) is 5.91 Å². The predicted molar refractivity (Wildman–Crippen MR) is 139 cm³/mol. The number of carbonyl (C=O) groups is 2. The highest BCUT2D eigenvalue weighted by molar-refractivity contribution is 8.00. The first-order chi connectivity index (χ1) is 17.1. The molecule has 2 aliphatic rings. The van der Waals surface area contributed by atoms with Crippen LogP contribution in [0.2, 0.25) is 0 Å². The van der Waals surface area contributed by atoms with Crippen LogP contribution in [0.1, 0.15) is 22.8 Å². The third-order valence-corrected chi connectivity index (χ3v) is 8.02. The summed E-state index contributed by atoms with van der Waals surface area (Å²) in [6, 6.07) is 28.7. The van der Waals surface area contributed by atoms with Crippen LogP contribution < -0.4 is 0 Å². The maximum atomic E-state index is 13.6. The molecule has 3 aromatic rings. The lowest BCUT2D eigenvalue weighted by Gasteiger charge is -2.52. The van der Waals surface area contributed by atoms with Crippen LogP contribution in [0.4, 0.5) is 0 Å². The number of hydrogen-bond acceptors (Lipinski definition) is 5. The van der Waals surface area contributed by atoms with E-state index in [4.69, 9.17) is 4.74 Å². The highest BCUT2D eigenvalue weighted by Gasteiger charge is 2.56. The number of rotatable bonds is 7. The van der Waals surface area contributed by atoms with E-state index in [2.05, 4.69) is 11.6 Å². The van der Waals surface area contributed by atoms with Gasteiger partial charge in [0, 0.05) is 18.5 Å². The molecule has 0 N–H and O–H groups in total. The molecule has 2 heterocycles. The smallest absolute Gasteiger partial charge is 0.319 e. The average Bonchev–Trinajstić information content (AvgIpc) is 2.93. The molecule has 5 rings (SSSR count). The maximum Gasteiger partial charge on any atom is 0.319 e. The third-order valence-electron chi connectivity index (χ3n) is 6.49. The molecule has 0 aliphatic carbocycles. The highest BCUT2D eigenvalue weighted by atomic mass is 32.2. The van der Waals surface area contributed by atoms with Crippen LogP contribution in [-0.4, -0.2) is 46.7 Å². The Morgan fingerprint density at radius 2 is 1.57 bits per heavy atom. The zero-order chi connectivity index (χ0) is 24.3. The minimum absolute atomic E-state index is 0.0731. The molecule has 5 nitrogen and oxygen atoms in total. The van der Waals surface area contributed by atoms with Gasteiger partial charge in [-0.25, -0.2) is 0 Å². The molecule has 3 atom stereocenters. The Morgan fingerprint density at radius 3 is 2.14 bits per heavy atom. The summed E-state index contributed by atoms with van der Waals surface area (Å²) >= 11 is 1.56.